The van der Waals surface area contributed by atoms with Crippen LogP contribution in [0.5, 0.6) is 5.75 Å². The van der Waals surface area contributed by atoms with E-state index in [-0.39, 0.29) is 17.9 Å². The van der Waals surface area contributed by atoms with E-state index in [4.69, 9.17) is 16.3 Å². The summed E-state index contributed by atoms with van der Waals surface area (Å²) in [5, 5.41) is 11.3. The molecule has 20 heavy (non-hydrogen) atoms. The Labute approximate surface area is 120 Å². The second-order valence-corrected chi connectivity index (χ2v) is 5.20. The minimum absolute atomic E-state index is 0.0766. The maximum absolute atomic E-state index is 11.4. The molecular formula is C13H14ClNO5. The second kappa shape index (κ2) is 5.66. The lowest BCUT2D eigenvalue weighted by Crippen LogP contribution is -2.45. The summed E-state index contributed by atoms with van der Waals surface area (Å²) in [5.41, 5.74) is -0.881. The van der Waals surface area contributed by atoms with Gasteiger partial charge in [-0.25, -0.2) is 0 Å². The number of hydrogen-bond acceptors (Lipinski definition) is 5. The van der Waals surface area contributed by atoms with E-state index >= 15 is 0 Å². The summed E-state index contributed by atoms with van der Waals surface area (Å²) in [6.45, 7) is 0. The van der Waals surface area contributed by atoms with Crippen LogP contribution in [0.1, 0.15) is 25.7 Å². The highest BCUT2D eigenvalue weighted by molar-refractivity contribution is 6.30. The molecule has 0 amide bonds. The van der Waals surface area contributed by atoms with E-state index in [1.807, 2.05) is 0 Å². The summed E-state index contributed by atoms with van der Waals surface area (Å²) in [6, 6.07) is 4.12. The van der Waals surface area contributed by atoms with Gasteiger partial charge >= 0.3 is 11.7 Å². The number of esters is 1. The first kappa shape index (κ1) is 14.6. The summed E-state index contributed by atoms with van der Waals surface area (Å²) >= 11 is 5.85. The molecule has 1 aromatic carbocycles. The minimum Gasteiger partial charge on any atom is -0.480 e. The van der Waals surface area contributed by atoms with Crippen molar-refractivity contribution in [2.75, 3.05) is 7.11 Å². The van der Waals surface area contributed by atoms with Crippen molar-refractivity contribution < 1.29 is 19.2 Å². The van der Waals surface area contributed by atoms with Gasteiger partial charge in [0.25, 0.3) is 0 Å². The number of ether oxygens (including phenoxy) is 2. The number of rotatable bonds is 5. The predicted molar refractivity (Wildman–Crippen MR) is 71.9 cm³/mol. The third kappa shape index (κ3) is 3.01. The van der Waals surface area contributed by atoms with Gasteiger partial charge in [-0.2, -0.15) is 0 Å². The molecule has 108 valence electrons. The molecular weight excluding hydrogens is 286 g/mol. The van der Waals surface area contributed by atoms with Crippen LogP contribution in [-0.2, 0) is 9.53 Å². The fraction of sp³-hybridized carbons (Fsp3) is 0.462. The highest BCUT2D eigenvalue weighted by Gasteiger charge is 2.43. The number of benzene rings is 1. The highest BCUT2D eigenvalue weighted by Crippen LogP contribution is 2.42. The van der Waals surface area contributed by atoms with Crippen molar-refractivity contribution in [3.05, 3.63) is 33.3 Å². The first-order chi connectivity index (χ1) is 9.46. The average Bonchev–Trinajstić information content (AvgIpc) is 2.35. The Balaban J connectivity index is 2.25. The Bertz CT molecular complexity index is 542. The van der Waals surface area contributed by atoms with E-state index < -0.39 is 16.5 Å². The normalized spacial score (nSPS) is 16.1. The summed E-state index contributed by atoms with van der Waals surface area (Å²) in [5.74, 6) is -0.305. The van der Waals surface area contributed by atoms with Gasteiger partial charge in [-0.15, -0.1) is 0 Å². The lowest BCUT2D eigenvalue weighted by molar-refractivity contribution is -0.386. The van der Waals surface area contributed by atoms with E-state index in [0.29, 0.717) is 17.9 Å². The maximum atomic E-state index is 11.4. The van der Waals surface area contributed by atoms with Gasteiger partial charge in [0, 0.05) is 17.2 Å². The van der Waals surface area contributed by atoms with E-state index in [2.05, 4.69) is 4.74 Å². The van der Waals surface area contributed by atoms with Crippen LogP contribution < -0.4 is 4.74 Å². The Kier molecular flexibility index (Phi) is 4.13. The van der Waals surface area contributed by atoms with Crippen LogP contribution in [0.3, 0.4) is 0 Å². The van der Waals surface area contributed by atoms with Crippen LogP contribution in [0.15, 0.2) is 18.2 Å². The molecule has 7 heteroatoms. The van der Waals surface area contributed by atoms with Crippen LogP contribution in [0.4, 0.5) is 5.69 Å². The van der Waals surface area contributed by atoms with Crippen molar-refractivity contribution in [3.63, 3.8) is 0 Å². The van der Waals surface area contributed by atoms with Crippen LogP contribution in [0.2, 0.25) is 5.02 Å². The van der Waals surface area contributed by atoms with Gasteiger partial charge in [-0.1, -0.05) is 11.6 Å². The second-order valence-electron chi connectivity index (χ2n) is 4.76. The quantitative estimate of drug-likeness (QED) is 0.474. The number of carbonyl (C=O) groups is 1. The predicted octanol–water partition coefficient (Wildman–Crippen LogP) is 3.11. The number of carbonyl (C=O) groups excluding carboxylic acids is 1. The van der Waals surface area contributed by atoms with Crippen molar-refractivity contribution in [2.24, 2.45) is 0 Å². The SMILES string of the molecule is COC(=O)CC1(Oc2cc(Cl)ccc2[N+](=O)[O-])CCC1. The zero-order valence-corrected chi connectivity index (χ0v) is 11.7. The summed E-state index contributed by atoms with van der Waals surface area (Å²) in [6.07, 6.45) is 2.30. The van der Waals surface area contributed by atoms with Crippen LogP contribution >= 0.6 is 11.6 Å². The lowest BCUT2D eigenvalue weighted by atomic mass is 9.77. The van der Waals surface area contributed by atoms with Crippen molar-refractivity contribution in [1.82, 2.24) is 0 Å². The number of hydrogen-bond donors (Lipinski definition) is 0. The van der Waals surface area contributed by atoms with Gasteiger partial charge in [0.1, 0.15) is 5.60 Å². The molecule has 1 saturated carbocycles. The van der Waals surface area contributed by atoms with Gasteiger partial charge in [0.05, 0.1) is 18.5 Å². The largest absolute Gasteiger partial charge is 0.480 e. The zero-order chi connectivity index (χ0) is 14.8. The molecule has 1 aliphatic carbocycles. The minimum atomic E-state index is -0.720. The molecule has 0 radical (unpaired) electrons. The van der Waals surface area contributed by atoms with Crippen LogP contribution in [-0.4, -0.2) is 23.6 Å². The van der Waals surface area contributed by atoms with E-state index in [9.17, 15) is 14.9 Å². The Morgan fingerprint density at radius 3 is 2.70 bits per heavy atom. The van der Waals surface area contributed by atoms with Gasteiger partial charge in [-0.05, 0) is 25.3 Å². The van der Waals surface area contributed by atoms with Gasteiger partial charge in [-0.3, -0.25) is 14.9 Å². The molecule has 0 aliphatic heterocycles. The summed E-state index contributed by atoms with van der Waals surface area (Å²) in [7, 11) is 1.30. The molecule has 0 N–H and O–H groups in total. The molecule has 1 aromatic rings. The number of nitro benzene ring substituents is 1. The van der Waals surface area contributed by atoms with Crippen molar-refractivity contribution in [1.29, 1.82) is 0 Å². The number of methoxy groups -OCH3 is 1. The summed E-state index contributed by atoms with van der Waals surface area (Å²) in [4.78, 5) is 21.9. The van der Waals surface area contributed by atoms with Crippen LogP contribution in [0, 0.1) is 10.1 Å². The number of halogens is 1. The fourth-order valence-corrected chi connectivity index (χ4v) is 2.34. The maximum Gasteiger partial charge on any atom is 0.311 e. The Hall–Kier alpha value is -1.82. The molecule has 2 rings (SSSR count). The topological polar surface area (TPSA) is 78.7 Å². The van der Waals surface area contributed by atoms with E-state index in [0.717, 1.165) is 6.42 Å². The number of nitrogens with zero attached hydrogens (tertiary/aromatic N) is 1. The van der Waals surface area contributed by atoms with Crippen LogP contribution in [0.25, 0.3) is 0 Å². The van der Waals surface area contributed by atoms with Crippen molar-refractivity contribution >= 4 is 23.3 Å². The number of nitro groups is 1. The molecule has 0 saturated heterocycles. The van der Waals surface area contributed by atoms with Gasteiger partial charge < -0.3 is 9.47 Å². The third-order valence-corrected chi connectivity index (χ3v) is 3.64. The monoisotopic (exact) mass is 299 g/mol. The molecule has 0 heterocycles. The first-order valence-electron chi connectivity index (χ1n) is 6.15. The third-order valence-electron chi connectivity index (χ3n) is 3.40. The lowest BCUT2D eigenvalue weighted by Gasteiger charge is -2.40. The fourth-order valence-electron chi connectivity index (χ4n) is 2.18. The summed E-state index contributed by atoms with van der Waals surface area (Å²) < 4.78 is 10.4. The molecule has 0 bridgehead atoms. The Morgan fingerprint density at radius 1 is 1.50 bits per heavy atom. The molecule has 6 nitrogen and oxygen atoms in total. The molecule has 0 spiro atoms. The Morgan fingerprint density at radius 2 is 2.20 bits per heavy atom. The molecule has 0 atom stereocenters. The molecule has 0 aromatic heterocycles. The molecule has 1 fully saturated rings. The average molecular weight is 300 g/mol. The van der Waals surface area contributed by atoms with Gasteiger partial charge in [0.2, 0.25) is 0 Å². The highest BCUT2D eigenvalue weighted by atomic mass is 35.5. The van der Waals surface area contributed by atoms with Crippen molar-refractivity contribution in [3.8, 4) is 5.75 Å². The molecule has 0 unspecified atom stereocenters. The van der Waals surface area contributed by atoms with E-state index in [1.54, 1.807) is 0 Å². The zero-order valence-electron chi connectivity index (χ0n) is 10.9. The standard InChI is InChI=1S/C13H14ClNO5/c1-19-12(16)8-13(5-2-6-13)20-11-7-9(14)3-4-10(11)15(17)18/h3-4,7H,2,5-6,8H2,1H3. The first-order valence-corrected chi connectivity index (χ1v) is 6.53. The van der Waals surface area contributed by atoms with E-state index in [1.165, 1.54) is 25.3 Å². The van der Waals surface area contributed by atoms with Crippen molar-refractivity contribution in [2.45, 2.75) is 31.3 Å². The molecule has 1 aliphatic rings. The smallest absolute Gasteiger partial charge is 0.311 e. The van der Waals surface area contributed by atoms with Gasteiger partial charge in [0.15, 0.2) is 5.75 Å².